The SMILES string of the molecule is CC1CCC(NS(=O)(=O)CC(=O)NCCN2CCN(C(=O)OC(C)(C)C)CC2)CC1. The molecule has 2 amide bonds. The van der Waals surface area contributed by atoms with Crippen molar-refractivity contribution in [3.05, 3.63) is 0 Å². The van der Waals surface area contributed by atoms with Gasteiger partial charge in [0.05, 0.1) is 0 Å². The lowest BCUT2D eigenvalue weighted by atomic mass is 9.88. The Balaban J connectivity index is 1.62. The third-order valence-corrected chi connectivity index (χ3v) is 6.79. The molecule has 1 heterocycles. The Hall–Kier alpha value is -1.39. The number of piperazine rings is 1. The van der Waals surface area contributed by atoms with Crippen LogP contribution in [0.3, 0.4) is 0 Å². The minimum absolute atomic E-state index is 0.0553. The van der Waals surface area contributed by atoms with E-state index in [0.29, 0.717) is 45.2 Å². The first-order chi connectivity index (χ1) is 13.9. The zero-order valence-corrected chi connectivity index (χ0v) is 19.6. The summed E-state index contributed by atoms with van der Waals surface area (Å²) in [7, 11) is -3.62. The molecule has 0 atom stereocenters. The van der Waals surface area contributed by atoms with Crippen LogP contribution in [0.1, 0.15) is 53.4 Å². The Labute approximate surface area is 180 Å². The van der Waals surface area contributed by atoms with Crippen molar-refractivity contribution in [2.75, 3.05) is 45.0 Å². The number of hydrogen-bond donors (Lipinski definition) is 2. The number of sulfonamides is 1. The minimum atomic E-state index is -3.62. The topological polar surface area (TPSA) is 108 Å². The van der Waals surface area contributed by atoms with Gasteiger partial charge in [-0.05, 0) is 52.4 Å². The fourth-order valence-electron chi connectivity index (χ4n) is 3.73. The van der Waals surface area contributed by atoms with Crippen molar-refractivity contribution < 1.29 is 22.7 Å². The Morgan fingerprint density at radius 1 is 1.03 bits per heavy atom. The molecule has 1 saturated heterocycles. The first-order valence-electron chi connectivity index (χ1n) is 10.9. The van der Waals surface area contributed by atoms with Gasteiger partial charge in [0, 0.05) is 45.3 Å². The summed E-state index contributed by atoms with van der Waals surface area (Å²) in [5, 5.41) is 2.69. The number of hydrogen-bond acceptors (Lipinski definition) is 6. The second-order valence-corrected chi connectivity index (χ2v) is 11.2. The molecule has 0 spiro atoms. The fraction of sp³-hybridized carbons (Fsp3) is 0.900. The molecular formula is C20H38N4O5S. The van der Waals surface area contributed by atoms with E-state index in [0.717, 1.165) is 25.7 Å². The Bertz CT molecular complexity index is 676. The number of nitrogens with one attached hydrogen (secondary N) is 2. The Kier molecular flexibility index (Phi) is 8.93. The van der Waals surface area contributed by atoms with E-state index < -0.39 is 27.3 Å². The lowest BCUT2D eigenvalue weighted by Gasteiger charge is -2.35. The van der Waals surface area contributed by atoms with E-state index in [4.69, 9.17) is 4.74 Å². The van der Waals surface area contributed by atoms with E-state index >= 15 is 0 Å². The average molecular weight is 447 g/mol. The zero-order valence-electron chi connectivity index (χ0n) is 18.8. The van der Waals surface area contributed by atoms with Gasteiger partial charge in [0.15, 0.2) is 0 Å². The van der Waals surface area contributed by atoms with Gasteiger partial charge in [-0.25, -0.2) is 17.9 Å². The van der Waals surface area contributed by atoms with Crippen LogP contribution in [0.2, 0.25) is 0 Å². The van der Waals surface area contributed by atoms with E-state index in [1.165, 1.54) is 0 Å². The average Bonchev–Trinajstić information content (AvgIpc) is 2.62. The summed E-state index contributed by atoms with van der Waals surface area (Å²) in [5.74, 6) is -0.384. The molecule has 9 nitrogen and oxygen atoms in total. The molecule has 1 aliphatic heterocycles. The summed E-state index contributed by atoms with van der Waals surface area (Å²) in [6, 6.07) is -0.0553. The standard InChI is InChI=1S/C20H38N4O5S/c1-16-5-7-17(8-6-16)22-30(27,28)15-18(25)21-9-10-23-11-13-24(14-12-23)19(26)29-20(2,3)4/h16-17,22H,5-15H2,1-4H3,(H,21,25). The summed E-state index contributed by atoms with van der Waals surface area (Å²) >= 11 is 0. The van der Waals surface area contributed by atoms with Crippen LogP contribution in [0.25, 0.3) is 0 Å². The van der Waals surface area contributed by atoms with Crippen LogP contribution in [-0.4, -0.2) is 86.9 Å². The summed E-state index contributed by atoms with van der Waals surface area (Å²) in [6.07, 6.45) is 3.39. The second-order valence-electron chi connectivity index (χ2n) is 9.49. The van der Waals surface area contributed by atoms with Crippen LogP contribution in [0.5, 0.6) is 0 Å². The van der Waals surface area contributed by atoms with Gasteiger partial charge in [-0.3, -0.25) is 9.69 Å². The lowest BCUT2D eigenvalue weighted by molar-refractivity contribution is -0.118. The van der Waals surface area contributed by atoms with Crippen LogP contribution in [0.4, 0.5) is 4.79 Å². The monoisotopic (exact) mass is 446 g/mol. The summed E-state index contributed by atoms with van der Waals surface area (Å²) < 4.78 is 32.5. The Morgan fingerprint density at radius 2 is 1.63 bits per heavy atom. The first kappa shape index (κ1) is 24.9. The summed E-state index contributed by atoms with van der Waals surface area (Å²) in [5.41, 5.74) is -0.511. The summed E-state index contributed by atoms with van der Waals surface area (Å²) in [4.78, 5) is 28.0. The van der Waals surface area contributed by atoms with Crippen molar-refractivity contribution >= 4 is 22.0 Å². The molecule has 1 saturated carbocycles. The van der Waals surface area contributed by atoms with Crippen molar-refractivity contribution in [3.63, 3.8) is 0 Å². The van der Waals surface area contributed by atoms with Gasteiger partial charge >= 0.3 is 6.09 Å². The van der Waals surface area contributed by atoms with Crippen molar-refractivity contribution in [2.24, 2.45) is 5.92 Å². The third-order valence-electron chi connectivity index (χ3n) is 5.46. The van der Waals surface area contributed by atoms with Crippen LogP contribution in [0.15, 0.2) is 0 Å². The molecule has 1 aliphatic carbocycles. The van der Waals surface area contributed by atoms with Crippen molar-refractivity contribution in [1.29, 1.82) is 0 Å². The maximum Gasteiger partial charge on any atom is 0.410 e. The van der Waals surface area contributed by atoms with Gasteiger partial charge in [-0.1, -0.05) is 6.92 Å². The number of amides is 2. The predicted molar refractivity (Wildman–Crippen MR) is 116 cm³/mol. The number of ether oxygens (including phenoxy) is 1. The van der Waals surface area contributed by atoms with Gasteiger partial charge in [-0.2, -0.15) is 0 Å². The quantitative estimate of drug-likeness (QED) is 0.607. The summed E-state index contributed by atoms with van der Waals surface area (Å²) in [6.45, 7) is 11.2. The zero-order chi connectivity index (χ0) is 22.4. The van der Waals surface area contributed by atoms with Gasteiger partial charge in [0.2, 0.25) is 15.9 Å². The molecule has 0 unspecified atom stereocenters. The highest BCUT2D eigenvalue weighted by atomic mass is 32.2. The molecule has 10 heteroatoms. The second kappa shape index (κ2) is 10.8. The number of nitrogens with zero attached hydrogens (tertiary/aromatic N) is 2. The molecule has 30 heavy (non-hydrogen) atoms. The van der Waals surface area contributed by atoms with Crippen LogP contribution in [-0.2, 0) is 19.6 Å². The van der Waals surface area contributed by atoms with E-state index in [9.17, 15) is 18.0 Å². The lowest BCUT2D eigenvalue weighted by Crippen LogP contribution is -2.51. The first-order valence-corrected chi connectivity index (χ1v) is 12.6. The predicted octanol–water partition coefficient (Wildman–Crippen LogP) is 1.15. The van der Waals surface area contributed by atoms with E-state index in [1.54, 1.807) is 4.90 Å². The smallest absolute Gasteiger partial charge is 0.410 e. The van der Waals surface area contributed by atoms with Gasteiger partial charge in [0.25, 0.3) is 0 Å². The van der Waals surface area contributed by atoms with E-state index in [-0.39, 0.29) is 12.1 Å². The Morgan fingerprint density at radius 3 is 2.20 bits per heavy atom. The molecule has 174 valence electrons. The van der Waals surface area contributed by atoms with Crippen molar-refractivity contribution in [1.82, 2.24) is 19.8 Å². The fourth-order valence-corrected chi connectivity index (χ4v) is 5.01. The third kappa shape index (κ3) is 9.18. The highest BCUT2D eigenvalue weighted by Crippen LogP contribution is 2.23. The van der Waals surface area contributed by atoms with E-state index in [1.807, 2.05) is 20.8 Å². The van der Waals surface area contributed by atoms with Gasteiger partial charge < -0.3 is 15.0 Å². The molecular weight excluding hydrogens is 408 g/mol. The highest BCUT2D eigenvalue weighted by Gasteiger charge is 2.27. The molecule has 2 fully saturated rings. The molecule has 2 N–H and O–H groups in total. The van der Waals surface area contributed by atoms with E-state index in [2.05, 4.69) is 21.9 Å². The van der Waals surface area contributed by atoms with Crippen LogP contribution < -0.4 is 10.0 Å². The maximum absolute atomic E-state index is 12.2. The maximum atomic E-state index is 12.2. The van der Waals surface area contributed by atoms with Crippen LogP contribution >= 0.6 is 0 Å². The van der Waals surface area contributed by atoms with Gasteiger partial charge in [-0.15, -0.1) is 0 Å². The molecule has 2 aliphatic rings. The van der Waals surface area contributed by atoms with Crippen molar-refractivity contribution in [3.8, 4) is 0 Å². The largest absolute Gasteiger partial charge is 0.444 e. The highest BCUT2D eigenvalue weighted by molar-refractivity contribution is 7.90. The number of carbonyl (C=O) groups is 2. The number of carbonyl (C=O) groups excluding carboxylic acids is 2. The molecule has 0 bridgehead atoms. The number of rotatable bonds is 7. The molecule has 0 aromatic rings. The molecule has 0 aromatic carbocycles. The minimum Gasteiger partial charge on any atom is -0.444 e. The van der Waals surface area contributed by atoms with Crippen molar-refractivity contribution in [2.45, 2.75) is 65.0 Å². The molecule has 2 rings (SSSR count). The normalized spacial score (nSPS) is 23.8. The van der Waals surface area contributed by atoms with Gasteiger partial charge in [0.1, 0.15) is 11.4 Å². The molecule has 0 radical (unpaired) electrons. The van der Waals surface area contributed by atoms with Crippen LogP contribution in [0, 0.1) is 5.92 Å². The molecule has 0 aromatic heterocycles.